The Morgan fingerprint density at radius 3 is 2.46 bits per heavy atom. The van der Waals surface area contributed by atoms with Crippen LogP contribution in [0.2, 0.25) is 0 Å². The topological polar surface area (TPSA) is 49.8 Å². The van der Waals surface area contributed by atoms with Crippen LogP contribution in [0.1, 0.15) is 16.7 Å². The van der Waals surface area contributed by atoms with E-state index < -0.39 is 0 Å². The number of rotatable bonds is 5. The van der Waals surface area contributed by atoms with Gasteiger partial charge in [0.2, 0.25) is 5.95 Å². The van der Waals surface area contributed by atoms with Crippen LogP contribution in [0.4, 0.5) is 21.8 Å². The summed E-state index contributed by atoms with van der Waals surface area (Å²) in [5.74, 6) is 1.04. The second kappa shape index (κ2) is 7.64. The third kappa shape index (κ3) is 3.78. The van der Waals surface area contributed by atoms with E-state index in [0.717, 1.165) is 28.0 Å². The van der Waals surface area contributed by atoms with Crippen molar-refractivity contribution in [2.75, 3.05) is 10.6 Å². The number of hydrogen-bond acceptors (Lipinski definition) is 4. The molecule has 1 aromatic heterocycles. The van der Waals surface area contributed by atoms with Crippen molar-refractivity contribution in [2.24, 2.45) is 0 Å². The summed E-state index contributed by atoms with van der Waals surface area (Å²) in [6.45, 7) is 4.70. The third-order valence-corrected chi connectivity index (χ3v) is 4.83. The monoisotopic (exact) mass is 372 g/mol. The van der Waals surface area contributed by atoms with Gasteiger partial charge in [-0.05, 0) is 60.9 Å². The maximum atomic E-state index is 13.1. The van der Waals surface area contributed by atoms with Crippen molar-refractivity contribution in [2.45, 2.75) is 20.4 Å². The van der Waals surface area contributed by atoms with Gasteiger partial charge in [-0.15, -0.1) is 0 Å². The van der Waals surface area contributed by atoms with Gasteiger partial charge in [0.05, 0.1) is 5.52 Å². The molecule has 5 heteroatoms. The molecular weight excluding hydrogens is 351 g/mol. The Balaban J connectivity index is 1.66. The van der Waals surface area contributed by atoms with Gasteiger partial charge < -0.3 is 10.6 Å². The number of aryl methyl sites for hydroxylation is 1. The molecule has 0 amide bonds. The molecule has 0 aliphatic rings. The van der Waals surface area contributed by atoms with Gasteiger partial charge in [0, 0.05) is 17.6 Å². The summed E-state index contributed by atoms with van der Waals surface area (Å²) < 4.78 is 13.1. The van der Waals surface area contributed by atoms with E-state index in [4.69, 9.17) is 4.98 Å². The number of para-hydroxylation sites is 1. The van der Waals surface area contributed by atoms with Gasteiger partial charge in [-0.2, -0.15) is 4.98 Å². The van der Waals surface area contributed by atoms with Crippen molar-refractivity contribution in [1.29, 1.82) is 0 Å². The second-order valence-electron chi connectivity index (χ2n) is 6.77. The zero-order valence-electron chi connectivity index (χ0n) is 15.8. The smallest absolute Gasteiger partial charge is 0.229 e. The lowest BCUT2D eigenvalue weighted by atomic mass is 10.1. The Labute approximate surface area is 163 Å². The molecule has 0 unspecified atom stereocenters. The van der Waals surface area contributed by atoms with Crippen molar-refractivity contribution >= 4 is 28.4 Å². The lowest BCUT2D eigenvalue weighted by Gasteiger charge is -2.14. The van der Waals surface area contributed by atoms with Gasteiger partial charge in [0.25, 0.3) is 0 Å². The van der Waals surface area contributed by atoms with Crippen LogP contribution < -0.4 is 10.6 Å². The molecule has 0 saturated carbocycles. The lowest BCUT2D eigenvalue weighted by molar-refractivity contribution is 0.627. The van der Waals surface area contributed by atoms with Crippen molar-refractivity contribution in [1.82, 2.24) is 9.97 Å². The minimum absolute atomic E-state index is 0.240. The molecule has 140 valence electrons. The van der Waals surface area contributed by atoms with Gasteiger partial charge in [0.15, 0.2) is 0 Å². The normalized spacial score (nSPS) is 10.8. The number of fused-ring (bicyclic) bond motifs is 1. The highest BCUT2D eigenvalue weighted by molar-refractivity contribution is 5.90. The van der Waals surface area contributed by atoms with Gasteiger partial charge in [0.1, 0.15) is 11.6 Å². The molecule has 28 heavy (non-hydrogen) atoms. The Morgan fingerprint density at radius 1 is 0.857 bits per heavy atom. The summed E-state index contributed by atoms with van der Waals surface area (Å²) in [4.78, 5) is 9.35. The SMILES string of the molecule is Cc1cccc(Nc2nc(NCc3ccc(F)cc3)c3ccccc3n2)c1C. The van der Waals surface area contributed by atoms with E-state index >= 15 is 0 Å². The molecule has 4 nitrogen and oxygen atoms in total. The van der Waals surface area contributed by atoms with E-state index in [1.165, 1.54) is 23.3 Å². The van der Waals surface area contributed by atoms with Crippen LogP contribution in [0.5, 0.6) is 0 Å². The number of anilines is 3. The molecule has 2 N–H and O–H groups in total. The summed E-state index contributed by atoms with van der Waals surface area (Å²) in [5.41, 5.74) is 5.19. The fourth-order valence-electron chi connectivity index (χ4n) is 3.06. The lowest BCUT2D eigenvalue weighted by Crippen LogP contribution is -2.06. The number of aromatic nitrogens is 2. The zero-order valence-corrected chi connectivity index (χ0v) is 15.8. The minimum Gasteiger partial charge on any atom is -0.365 e. The second-order valence-corrected chi connectivity index (χ2v) is 6.77. The first kappa shape index (κ1) is 17.9. The molecule has 0 bridgehead atoms. The molecule has 3 aromatic carbocycles. The average Bonchev–Trinajstić information content (AvgIpc) is 2.71. The molecule has 4 aromatic rings. The Hall–Kier alpha value is -3.47. The van der Waals surface area contributed by atoms with Gasteiger partial charge >= 0.3 is 0 Å². The standard InChI is InChI=1S/C23H21FN4/c1-15-6-5-9-20(16(15)2)26-23-27-21-8-4-3-7-19(21)22(28-23)25-14-17-10-12-18(24)13-11-17/h3-13H,14H2,1-2H3,(H2,25,26,27,28). The van der Waals surface area contributed by atoms with Crippen molar-refractivity contribution < 1.29 is 4.39 Å². The highest BCUT2D eigenvalue weighted by atomic mass is 19.1. The third-order valence-electron chi connectivity index (χ3n) is 4.83. The summed E-state index contributed by atoms with van der Waals surface area (Å²) in [7, 11) is 0. The highest BCUT2D eigenvalue weighted by Gasteiger charge is 2.09. The first-order chi connectivity index (χ1) is 13.6. The average molecular weight is 372 g/mol. The van der Waals surface area contributed by atoms with Crippen LogP contribution in [0, 0.1) is 19.7 Å². The number of nitrogens with zero attached hydrogens (tertiary/aromatic N) is 2. The minimum atomic E-state index is -0.240. The molecule has 4 rings (SSSR count). The maximum Gasteiger partial charge on any atom is 0.229 e. The number of hydrogen-bond donors (Lipinski definition) is 2. The van der Waals surface area contributed by atoms with Crippen LogP contribution >= 0.6 is 0 Å². The van der Waals surface area contributed by atoms with Gasteiger partial charge in [-0.1, -0.05) is 36.4 Å². The maximum absolute atomic E-state index is 13.1. The largest absolute Gasteiger partial charge is 0.365 e. The molecule has 0 atom stereocenters. The summed E-state index contributed by atoms with van der Waals surface area (Å²) in [5, 5.41) is 7.64. The molecule has 0 saturated heterocycles. The molecule has 0 aliphatic carbocycles. The number of benzene rings is 3. The predicted molar refractivity (Wildman–Crippen MR) is 112 cm³/mol. The van der Waals surface area contributed by atoms with E-state index in [9.17, 15) is 4.39 Å². The highest BCUT2D eigenvalue weighted by Crippen LogP contribution is 2.26. The Kier molecular flexibility index (Phi) is 4.89. The molecule has 0 spiro atoms. The van der Waals surface area contributed by atoms with E-state index in [0.29, 0.717) is 12.5 Å². The van der Waals surface area contributed by atoms with E-state index in [-0.39, 0.29) is 5.82 Å². The molecule has 0 fully saturated rings. The first-order valence-corrected chi connectivity index (χ1v) is 9.18. The summed E-state index contributed by atoms with van der Waals surface area (Å²) >= 11 is 0. The van der Waals surface area contributed by atoms with E-state index in [1.807, 2.05) is 36.4 Å². The molecule has 0 radical (unpaired) electrons. The zero-order chi connectivity index (χ0) is 19.5. The first-order valence-electron chi connectivity index (χ1n) is 9.18. The predicted octanol–water partition coefficient (Wildman–Crippen LogP) is 5.74. The fraction of sp³-hybridized carbons (Fsp3) is 0.130. The van der Waals surface area contributed by atoms with Crippen LogP contribution in [0.25, 0.3) is 10.9 Å². The van der Waals surface area contributed by atoms with Crippen LogP contribution in [0.3, 0.4) is 0 Å². The van der Waals surface area contributed by atoms with Crippen LogP contribution in [0.15, 0.2) is 66.7 Å². The van der Waals surface area contributed by atoms with Crippen molar-refractivity contribution in [3.8, 4) is 0 Å². The van der Waals surface area contributed by atoms with Gasteiger partial charge in [-0.25, -0.2) is 9.37 Å². The van der Waals surface area contributed by atoms with Gasteiger partial charge in [-0.3, -0.25) is 0 Å². The molecule has 0 aliphatic heterocycles. The Morgan fingerprint density at radius 2 is 1.64 bits per heavy atom. The fourth-order valence-corrected chi connectivity index (χ4v) is 3.06. The number of nitrogens with one attached hydrogen (secondary N) is 2. The molecule has 1 heterocycles. The quantitative estimate of drug-likeness (QED) is 0.469. The van der Waals surface area contributed by atoms with Crippen LogP contribution in [-0.2, 0) is 6.54 Å². The molecular formula is C23H21FN4. The van der Waals surface area contributed by atoms with Crippen molar-refractivity contribution in [3.05, 3.63) is 89.2 Å². The van der Waals surface area contributed by atoms with Crippen molar-refractivity contribution in [3.63, 3.8) is 0 Å². The van der Waals surface area contributed by atoms with Crippen LogP contribution in [-0.4, -0.2) is 9.97 Å². The summed E-state index contributed by atoms with van der Waals surface area (Å²) in [6, 6.07) is 20.4. The van der Waals surface area contributed by atoms with E-state index in [1.54, 1.807) is 12.1 Å². The summed E-state index contributed by atoms with van der Waals surface area (Å²) in [6.07, 6.45) is 0. The van der Waals surface area contributed by atoms with E-state index in [2.05, 4.69) is 35.5 Å². The Bertz CT molecular complexity index is 1120. The number of halogens is 1.